The molecule has 0 atom stereocenters. The highest BCUT2D eigenvalue weighted by atomic mass is 16.5. The molecule has 7 nitrogen and oxygen atoms in total. The topological polar surface area (TPSA) is 85.0 Å². The van der Waals surface area contributed by atoms with Crippen LogP contribution in [0.15, 0.2) is 29.5 Å². The van der Waals surface area contributed by atoms with Gasteiger partial charge in [0.1, 0.15) is 12.4 Å². The third-order valence-corrected chi connectivity index (χ3v) is 3.01. The number of aromatic nitrogens is 1. The molecule has 2 heterocycles. The smallest absolute Gasteiger partial charge is 0.217 e. The summed E-state index contributed by atoms with van der Waals surface area (Å²) >= 11 is 0. The molecule has 2 rings (SSSR count). The number of nitrogens with two attached hydrogens (primary N) is 1. The summed E-state index contributed by atoms with van der Waals surface area (Å²) in [5.74, 6) is 0.909. The average molecular weight is 291 g/mol. The molecule has 114 valence electrons. The van der Waals surface area contributed by atoms with Crippen LogP contribution in [0.4, 0.5) is 11.5 Å². The third kappa shape index (κ3) is 5.41. The van der Waals surface area contributed by atoms with Gasteiger partial charge in [-0.2, -0.15) is 4.98 Å². The maximum absolute atomic E-state index is 5.76. The van der Waals surface area contributed by atoms with Crippen molar-refractivity contribution in [1.29, 1.82) is 0 Å². The molecule has 0 saturated carbocycles. The number of hydrogen-bond donors (Lipinski definition) is 2. The van der Waals surface area contributed by atoms with Crippen LogP contribution in [0.25, 0.3) is 0 Å². The molecule has 0 spiro atoms. The second kappa shape index (κ2) is 8.23. The first-order valence-corrected chi connectivity index (χ1v) is 6.86. The van der Waals surface area contributed by atoms with Crippen molar-refractivity contribution < 1.29 is 9.47 Å². The minimum Gasteiger partial charge on any atom is -0.476 e. The van der Waals surface area contributed by atoms with Gasteiger partial charge in [-0.1, -0.05) is 0 Å². The Morgan fingerprint density at radius 1 is 1.48 bits per heavy atom. The van der Waals surface area contributed by atoms with Gasteiger partial charge in [-0.15, -0.1) is 0 Å². The molecule has 1 aromatic rings. The fourth-order valence-corrected chi connectivity index (χ4v) is 1.97. The number of aliphatic imine (C=N–C) groups is 1. The Kier molecular flexibility index (Phi) is 5.99. The zero-order chi connectivity index (χ0) is 14.9. The number of ether oxygens (including phenoxy) is 2. The summed E-state index contributed by atoms with van der Waals surface area (Å²) in [6.45, 7) is 8.24. The van der Waals surface area contributed by atoms with Crippen molar-refractivity contribution in [3.63, 3.8) is 0 Å². The van der Waals surface area contributed by atoms with Crippen molar-refractivity contribution in [3.8, 4) is 5.88 Å². The van der Waals surface area contributed by atoms with Crippen LogP contribution in [0.1, 0.15) is 0 Å². The molecule has 1 aromatic heterocycles. The molecule has 1 aliphatic rings. The van der Waals surface area contributed by atoms with Gasteiger partial charge in [-0.25, -0.2) is 0 Å². The van der Waals surface area contributed by atoms with Crippen LogP contribution in [-0.2, 0) is 4.74 Å². The molecule has 1 aliphatic heterocycles. The quantitative estimate of drug-likeness (QED) is 0.728. The van der Waals surface area contributed by atoms with Crippen LogP contribution >= 0.6 is 0 Å². The van der Waals surface area contributed by atoms with E-state index >= 15 is 0 Å². The highest BCUT2D eigenvalue weighted by Crippen LogP contribution is 2.18. The molecule has 0 radical (unpaired) electrons. The highest BCUT2D eigenvalue weighted by Gasteiger charge is 2.10. The minimum absolute atomic E-state index is 0.404. The van der Waals surface area contributed by atoms with Crippen molar-refractivity contribution >= 4 is 18.2 Å². The number of pyridine rings is 1. The first kappa shape index (κ1) is 15.3. The Hall–Kier alpha value is -2.12. The summed E-state index contributed by atoms with van der Waals surface area (Å²) in [5.41, 5.74) is 6.56. The minimum atomic E-state index is 0.404. The molecule has 1 saturated heterocycles. The number of rotatable bonds is 7. The lowest BCUT2D eigenvalue weighted by atomic mass is 10.4. The summed E-state index contributed by atoms with van der Waals surface area (Å²) in [5, 5.41) is 3.03. The van der Waals surface area contributed by atoms with Crippen LogP contribution < -0.4 is 15.8 Å². The monoisotopic (exact) mass is 291 g/mol. The van der Waals surface area contributed by atoms with E-state index in [9.17, 15) is 0 Å². The van der Waals surface area contributed by atoms with Crippen LogP contribution in [0.5, 0.6) is 5.88 Å². The fourth-order valence-electron chi connectivity index (χ4n) is 1.97. The van der Waals surface area contributed by atoms with Crippen LogP contribution in [0.3, 0.4) is 0 Å². The largest absolute Gasteiger partial charge is 0.476 e. The van der Waals surface area contributed by atoms with Crippen molar-refractivity contribution in [2.24, 2.45) is 4.99 Å². The van der Waals surface area contributed by atoms with Gasteiger partial charge in [0, 0.05) is 49.9 Å². The highest BCUT2D eigenvalue weighted by molar-refractivity contribution is 5.54. The summed E-state index contributed by atoms with van der Waals surface area (Å²) < 4.78 is 11.0. The van der Waals surface area contributed by atoms with Gasteiger partial charge in [0.25, 0.3) is 0 Å². The number of nitrogens with one attached hydrogen (secondary N) is 1. The van der Waals surface area contributed by atoms with E-state index in [4.69, 9.17) is 15.2 Å². The lowest BCUT2D eigenvalue weighted by Gasteiger charge is -2.26. The normalized spacial score (nSPS) is 16.0. The van der Waals surface area contributed by atoms with Crippen LogP contribution in [0.2, 0.25) is 0 Å². The zero-order valence-electron chi connectivity index (χ0n) is 12.0. The van der Waals surface area contributed by atoms with Gasteiger partial charge in [-0.3, -0.25) is 9.89 Å². The predicted octanol–water partition coefficient (Wildman–Crippen LogP) is 0.958. The van der Waals surface area contributed by atoms with E-state index in [1.165, 1.54) is 0 Å². The molecule has 7 heteroatoms. The molecular weight excluding hydrogens is 270 g/mol. The standard InChI is InChI=1S/C14H21N5O2/c1-16-2-3-17-12-10-13(15)18-14(11-12)21-9-6-19-4-7-20-8-5-19/h2-3,10-11H,1,4-9H2,(H3,15,17,18)/b3-2-. The average Bonchev–Trinajstić information content (AvgIpc) is 2.48. The van der Waals surface area contributed by atoms with Crippen LogP contribution in [-0.4, -0.2) is 56.1 Å². The third-order valence-electron chi connectivity index (χ3n) is 3.01. The van der Waals surface area contributed by atoms with Crippen molar-refractivity contribution in [2.75, 3.05) is 50.5 Å². The summed E-state index contributed by atoms with van der Waals surface area (Å²) in [6.07, 6.45) is 3.22. The van der Waals surface area contributed by atoms with E-state index < -0.39 is 0 Å². The SMILES string of the molecule is C=N/C=C\Nc1cc(N)nc(OCCN2CCOCC2)c1. The Labute approximate surface area is 124 Å². The first-order chi connectivity index (χ1) is 10.3. The van der Waals surface area contributed by atoms with E-state index in [0.717, 1.165) is 38.5 Å². The molecule has 0 aliphatic carbocycles. The van der Waals surface area contributed by atoms with E-state index in [1.807, 2.05) is 0 Å². The van der Waals surface area contributed by atoms with Gasteiger partial charge in [0.05, 0.1) is 13.2 Å². The number of nitrogen functional groups attached to an aromatic ring is 1. The Balaban J connectivity index is 1.83. The molecule has 0 bridgehead atoms. The second-order valence-electron chi connectivity index (χ2n) is 4.56. The zero-order valence-corrected chi connectivity index (χ0v) is 12.0. The Bertz CT molecular complexity index is 486. The predicted molar refractivity (Wildman–Crippen MR) is 83.7 cm³/mol. The van der Waals surface area contributed by atoms with Crippen molar-refractivity contribution in [1.82, 2.24) is 9.88 Å². The molecule has 0 unspecified atom stereocenters. The molecule has 0 aromatic carbocycles. The van der Waals surface area contributed by atoms with E-state index in [0.29, 0.717) is 18.3 Å². The van der Waals surface area contributed by atoms with Crippen molar-refractivity contribution in [2.45, 2.75) is 0 Å². The number of morpholine rings is 1. The number of hydrogen-bond acceptors (Lipinski definition) is 7. The molecule has 1 fully saturated rings. The Morgan fingerprint density at radius 2 is 2.29 bits per heavy atom. The fraction of sp³-hybridized carbons (Fsp3) is 0.429. The van der Waals surface area contributed by atoms with E-state index in [-0.39, 0.29) is 0 Å². The van der Waals surface area contributed by atoms with Gasteiger partial charge in [0.2, 0.25) is 5.88 Å². The van der Waals surface area contributed by atoms with Crippen molar-refractivity contribution in [3.05, 3.63) is 24.5 Å². The lowest BCUT2D eigenvalue weighted by molar-refractivity contribution is 0.0320. The maximum Gasteiger partial charge on any atom is 0.217 e. The Morgan fingerprint density at radius 3 is 3.05 bits per heavy atom. The van der Waals surface area contributed by atoms with Gasteiger partial charge in [0.15, 0.2) is 0 Å². The lowest BCUT2D eigenvalue weighted by Crippen LogP contribution is -2.38. The summed E-state index contributed by atoms with van der Waals surface area (Å²) in [6, 6.07) is 3.52. The maximum atomic E-state index is 5.76. The number of anilines is 2. The second-order valence-corrected chi connectivity index (χ2v) is 4.56. The van der Waals surface area contributed by atoms with Crippen LogP contribution in [0, 0.1) is 0 Å². The summed E-state index contributed by atoms with van der Waals surface area (Å²) in [4.78, 5) is 10.1. The molecule has 21 heavy (non-hydrogen) atoms. The first-order valence-electron chi connectivity index (χ1n) is 6.86. The number of nitrogens with zero attached hydrogens (tertiary/aromatic N) is 3. The molecular formula is C14H21N5O2. The van der Waals surface area contributed by atoms with Gasteiger partial charge in [-0.05, 0) is 6.72 Å². The molecule has 3 N–H and O–H groups in total. The van der Waals surface area contributed by atoms with Gasteiger partial charge < -0.3 is 20.5 Å². The summed E-state index contributed by atoms with van der Waals surface area (Å²) in [7, 11) is 0. The van der Waals surface area contributed by atoms with Gasteiger partial charge >= 0.3 is 0 Å². The van der Waals surface area contributed by atoms with E-state index in [1.54, 1.807) is 24.5 Å². The molecule has 0 amide bonds. The van der Waals surface area contributed by atoms with E-state index in [2.05, 4.69) is 26.9 Å².